The number of rotatable bonds is 3. The first-order valence-corrected chi connectivity index (χ1v) is 8.73. The van der Waals surface area contributed by atoms with Crippen molar-refractivity contribution < 1.29 is 14.3 Å². The van der Waals surface area contributed by atoms with Crippen molar-refractivity contribution in [1.82, 2.24) is 4.90 Å². The number of thiophene rings is 2. The Morgan fingerprint density at radius 2 is 2.24 bits per heavy atom. The van der Waals surface area contributed by atoms with Crippen molar-refractivity contribution in [1.29, 1.82) is 0 Å². The Kier molecular flexibility index (Phi) is 4.26. The molecule has 112 valence electrons. The summed E-state index contributed by atoms with van der Waals surface area (Å²) in [6.07, 6.45) is 3.23. The molecule has 3 rings (SSSR count). The van der Waals surface area contributed by atoms with Crippen LogP contribution in [-0.2, 0) is 9.53 Å². The van der Waals surface area contributed by atoms with Gasteiger partial charge in [-0.05, 0) is 36.8 Å². The highest BCUT2D eigenvalue weighted by molar-refractivity contribution is 7.27. The molecule has 1 saturated heterocycles. The molecule has 1 atom stereocenters. The van der Waals surface area contributed by atoms with E-state index in [1.165, 1.54) is 18.4 Å². The Hall–Kier alpha value is -1.40. The molecule has 0 spiro atoms. The molecule has 0 saturated carbocycles. The van der Waals surface area contributed by atoms with Gasteiger partial charge in [0, 0.05) is 22.0 Å². The molecule has 0 aliphatic carbocycles. The second-order valence-corrected chi connectivity index (χ2v) is 7.22. The predicted octanol–water partition coefficient (Wildman–Crippen LogP) is 3.52. The van der Waals surface area contributed by atoms with Crippen LogP contribution in [0.3, 0.4) is 0 Å². The molecule has 0 radical (unpaired) electrons. The Morgan fingerprint density at radius 1 is 1.38 bits per heavy atom. The summed E-state index contributed by atoms with van der Waals surface area (Å²) in [5.41, 5.74) is 0. The van der Waals surface area contributed by atoms with Crippen LogP contribution in [0.15, 0.2) is 17.5 Å². The van der Waals surface area contributed by atoms with Crippen LogP contribution in [0.25, 0.3) is 9.40 Å². The molecule has 1 unspecified atom stereocenters. The summed E-state index contributed by atoms with van der Waals surface area (Å²) in [5.74, 6) is -0.191. The van der Waals surface area contributed by atoms with Gasteiger partial charge in [0.25, 0.3) is 5.91 Å². The second-order valence-electron chi connectivity index (χ2n) is 5.19. The van der Waals surface area contributed by atoms with E-state index in [1.807, 2.05) is 22.4 Å². The largest absolute Gasteiger partial charge is 0.469 e. The normalized spacial score (nSPS) is 18.9. The number of carbonyl (C=O) groups is 2. The summed E-state index contributed by atoms with van der Waals surface area (Å²) in [4.78, 5) is 26.9. The number of piperidine rings is 1. The first kappa shape index (κ1) is 14.5. The van der Waals surface area contributed by atoms with E-state index in [-0.39, 0.29) is 17.9 Å². The molecule has 2 aromatic heterocycles. The van der Waals surface area contributed by atoms with Crippen LogP contribution in [0.4, 0.5) is 0 Å². The van der Waals surface area contributed by atoms with E-state index in [2.05, 4.69) is 0 Å². The fourth-order valence-electron chi connectivity index (χ4n) is 2.77. The van der Waals surface area contributed by atoms with Gasteiger partial charge in [-0.25, -0.2) is 0 Å². The van der Waals surface area contributed by atoms with Crippen LogP contribution in [0.1, 0.15) is 35.4 Å². The minimum absolute atomic E-state index is 0.0289. The zero-order chi connectivity index (χ0) is 14.8. The third kappa shape index (κ3) is 2.96. The highest BCUT2D eigenvalue weighted by Crippen LogP contribution is 2.32. The monoisotopic (exact) mass is 323 g/mol. The summed E-state index contributed by atoms with van der Waals surface area (Å²) >= 11 is 3.19. The third-order valence-corrected chi connectivity index (χ3v) is 5.95. The minimum atomic E-state index is -0.244. The van der Waals surface area contributed by atoms with E-state index in [0.717, 1.165) is 40.1 Å². The third-order valence-electron chi connectivity index (χ3n) is 3.87. The second kappa shape index (κ2) is 6.15. The maximum Gasteiger partial charge on any atom is 0.307 e. The average molecular weight is 323 g/mol. The van der Waals surface area contributed by atoms with Gasteiger partial charge in [0.1, 0.15) is 0 Å². The molecule has 0 bridgehead atoms. The lowest BCUT2D eigenvalue weighted by Crippen LogP contribution is -2.44. The van der Waals surface area contributed by atoms with Crippen molar-refractivity contribution in [2.24, 2.45) is 0 Å². The van der Waals surface area contributed by atoms with Crippen LogP contribution in [0.5, 0.6) is 0 Å². The van der Waals surface area contributed by atoms with Gasteiger partial charge in [-0.3, -0.25) is 9.59 Å². The van der Waals surface area contributed by atoms with Crippen molar-refractivity contribution in [3.63, 3.8) is 0 Å². The van der Waals surface area contributed by atoms with Crippen LogP contribution in [-0.4, -0.2) is 36.5 Å². The van der Waals surface area contributed by atoms with Gasteiger partial charge >= 0.3 is 5.97 Å². The van der Waals surface area contributed by atoms with E-state index >= 15 is 0 Å². The Bertz CT molecular complexity index is 632. The Morgan fingerprint density at radius 3 is 3.00 bits per heavy atom. The molecular weight excluding hydrogens is 306 g/mol. The topological polar surface area (TPSA) is 46.6 Å². The van der Waals surface area contributed by atoms with Gasteiger partial charge < -0.3 is 9.64 Å². The Balaban J connectivity index is 1.80. The SMILES string of the molecule is COC(=O)CC1CCCCN1C(=O)c1cc2sccc2s1. The number of methoxy groups -OCH3 is 1. The molecule has 6 heteroatoms. The lowest BCUT2D eigenvalue weighted by Gasteiger charge is -2.34. The quantitative estimate of drug-likeness (QED) is 0.812. The number of carbonyl (C=O) groups excluding carboxylic acids is 2. The zero-order valence-corrected chi connectivity index (χ0v) is 13.5. The number of nitrogens with zero attached hydrogens (tertiary/aromatic N) is 1. The van der Waals surface area contributed by atoms with Gasteiger partial charge in [-0.2, -0.15) is 0 Å². The summed E-state index contributed by atoms with van der Waals surface area (Å²) in [6.45, 7) is 0.728. The molecule has 1 amide bonds. The Labute approximate surface area is 131 Å². The molecule has 1 aliphatic rings. The molecule has 2 aromatic rings. The van der Waals surface area contributed by atoms with E-state index in [4.69, 9.17) is 4.74 Å². The van der Waals surface area contributed by atoms with Crippen LogP contribution < -0.4 is 0 Å². The van der Waals surface area contributed by atoms with Crippen molar-refractivity contribution in [2.45, 2.75) is 31.7 Å². The van der Waals surface area contributed by atoms with Crippen molar-refractivity contribution in [3.05, 3.63) is 22.4 Å². The van der Waals surface area contributed by atoms with Crippen LogP contribution >= 0.6 is 22.7 Å². The summed E-state index contributed by atoms with van der Waals surface area (Å²) in [7, 11) is 1.39. The maximum atomic E-state index is 12.7. The number of hydrogen-bond acceptors (Lipinski definition) is 5. The van der Waals surface area contributed by atoms with Crippen molar-refractivity contribution >= 4 is 43.9 Å². The van der Waals surface area contributed by atoms with Gasteiger partial charge in [0.05, 0.1) is 18.4 Å². The first-order valence-electron chi connectivity index (χ1n) is 7.04. The van der Waals surface area contributed by atoms with Crippen LogP contribution in [0.2, 0.25) is 0 Å². The lowest BCUT2D eigenvalue weighted by molar-refractivity contribution is -0.142. The molecule has 21 heavy (non-hydrogen) atoms. The van der Waals surface area contributed by atoms with E-state index in [0.29, 0.717) is 6.42 Å². The van der Waals surface area contributed by atoms with Crippen LogP contribution in [0, 0.1) is 0 Å². The average Bonchev–Trinajstić information content (AvgIpc) is 3.08. The molecule has 4 nitrogen and oxygen atoms in total. The fourth-order valence-corrected chi connectivity index (χ4v) is 4.83. The number of likely N-dealkylation sites (tertiary alicyclic amines) is 1. The van der Waals surface area contributed by atoms with Crippen molar-refractivity contribution in [2.75, 3.05) is 13.7 Å². The molecule has 3 heterocycles. The van der Waals surface area contributed by atoms with Gasteiger partial charge in [0.2, 0.25) is 0 Å². The molecule has 0 N–H and O–H groups in total. The minimum Gasteiger partial charge on any atom is -0.469 e. The number of amides is 1. The van der Waals surface area contributed by atoms with E-state index < -0.39 is 0 Å². The molecular formula is C15H17NO3S2. The smallest absolute Gasteiger partial charge is 0.307 e. The lowest BCUT2D eigenvalue weighted by atomic mass is 9.99. The van der Waals surface area contributed by atoms with E-state index in [9.17, 15) is 9.59 Å². The van der Waals surface area contributed by atoms with Gasteiger partial charge in [-0.1, -0.05) is 0 Å². The van der Waals surface area contributed by atoms with Gasteiger partial charge in [0.15, 0.2) is 0 Å². The maximum absolute atomic E-state index is 12.7. The number of ether oxygens (including phenoxy) is 1. The highest BCUT2D eigenvalue weighted by atomic mass is 32.1. The van der Waals surface area contributed by atoms with Crippen molar-refractivity contribution in [3.8, 4) is 0 Å². The number of hydrogen-bond donors (Lipinski definition) is 0. The standard InChI is InChI=1S/C15H17NO3S2/c1-19-14(17)8-10-4-2-3-6-16(10)15(18)13-9-12-11(21-13)5-7-20-12/h5,7,9-10H,2-4,6,8H2,1H3. The highest BCUT2D eigenvalue weighted by Gasteiger charge is 2.30. The number of fused-ring (bicyclic) bond motifs is 1. The summed E-state index contributed by atoms with van der Waals surface area (Å²) < 4.78 is 7.06. The predicted molar refractivity (Wildman–Crippen MR) is 85.0 cm³/mol. The number of esters is 1. The zero-order valence-electron chi connectivity index (χ0n) is 11.8. The first-order chi connectivity index (χ1) is 10.2. The summed E-state index contributed by atoms with van der Waals surface area (Å²) in [6, 6.07) is 3.99. The van der Waals surface area contributed by atoms with E-state index in [1.54, 1.807) is 11.3 Å². The van der Waals surface area contributed by atoms with Gasteiger partial charge in [-0.15, -0.1) is 22.7 Å². The summed E-state index contributed by atoms with van der Waals surface area (Å²) in [5, 5.41) is 2.04. The molecule has 1 fully saturated rings. The molecule has 0 aromatic carbocycles. The fraction of sp³-hybridized carbons (Fsp3) is 0.467. The molecule has 1 aliphatic heterocycles.